The number of aromatic nitrogens is 2. The van der Waals surface area contributed by atoms with Crippen molar-refractivity contribution in [3.63, 3.8) is 0 Å². The molecule has 0 atom stereocenters. The molecule has 1 fully saturated rings. The Morgan fingerprint density at radius 1 is 1.08 bits per heavy atom. The molecule has 1 aliphatic rings. The largest absolute Gasteiger partial charge is 0.383 e. The van der Waals surface area contributed by atoms with Gasteiger partial charge in [0.05, 0.1) is 6.54 Å². The minimum atomic E-state index is -0.0471. The molecule has 196 valence electrons. The van der Waals surface area contributed by atoms with Crippen molar-refractivity contribution in [3.8, 4) is 0 Å². The van der Waals surface area contributed by atoms with Crippen LogP contribution in [0.2, 0.25) is 0 Å². The Balaban J connectivity index is 1.16. The van der Waals surface area contributed by atoms with Crippen molar-refractivity contribution in [2.45, 2.75) is 32.4 Å². The predicted octanol–water partition coefficient (Wildman–Crippen LogP) is 5.28. The second-order valence-electron chi connectivity index (χ2n) is 10.5. The normalized spacial score (nSPS) is 14.9. The van der Waals surface area contributed by atoms with Gasteiger partial charge >= 0.3 is 0 Å². The van der Waals surface area contributed by atoms with Crippen LogP contribution in [0.4, 0.5) is 5.82 Å². The summed E-state index contributed by atoms with van der Waals surface area (Å²) in [7, 11) is 3.87. The Bertz CT molecular complexity index is 1420. The van der Waals surface area contributed by atoms with Crippen LogP contribution in [0.25, 0.3) is 17.0 Å². The number of para-hydroxylation sites is 1. The summed E-state index contributed by atoms with van der Waals surface area (Å²) in [4.78, 5) is 21.5. The summed E-state index contributed by atoms with van der Waals surface area (Å²) in [5.41, 5.74) is 11.8. The van der Waals surface area contributed by atoms with Crippen LogP contribution in [0.1, 0.15) is 35.2 Å². The molecule has 0 bridgehead atoms. The lowest BCUT2D eigenvalue weighted by atomic mass is 9.90. The lowest BCUT2D eigenvalue weighted by molar-refractivity contribution is -0.125. The number of carbonyl (C=O) groups is 1. The highest BCUT2D eigenvalue weighted by molar-refractivity contribution is 5.91. The van der Waals surface area contributed by atoms with Crippen molar-refractivity contribution in [1.29, 1.82) is 0 Å². The van der Waals surface area contributed by atoms with E-state index in [9.17, 15) is 4.79 Å². The van der Waals surface area contributed by atoms with Crippen LogP contribution in [0.5, 0.6) is 0 Å². The third kappa shape index (κ3) is 6.14. The van der Waals surface area contributed by atoms with Crippen molar-refractivity contribution >= 4 is 28.7 Å². The van der Waals surface area contributed by atoms with Gasteiger partial charge in [-0.25, -0.2) is 4.98 Å². The zero-order chi connectivity index (χ0) is 26.5. The number of carbonyl (C=O) groups excluding carboxylic acids is 1. The Kier molecular flexibility index (Phi) is 7.89. The Morgan fingerprint density at radius 2 is 1.82 bits per heavy atom. The zero-order valence-electron chi connectivity index (χ0n) is 22.4. The van der Waals surface area contributed by atoms with E-state index in [-0.39, 0.29) is 5.91 Å². The van der Waals surface area contributed by atoms with Crippen molar-refractivity contribution in [2.24, 2.45) is 13.0 Å². The van der Waals surface area contributed by atoms with Crippen LogP contribution in [0.15, 0.2) is 79.0 Å². The summed E-state index contributed by atoms with van der Waals surface area (Å²) < 4.78 is 2.14. The van der Waals surface area contributed by atoms with Gasteiger partial charge in [-0.05, 0) is 79.1 Å². The van der Waals surface area contributed by atoms with Gasteiger partial charge in [0.1, 0.15) is 5.82 Å². The molecule has 1 amide bonds. The summed E-state index contributed by atoms with van der Waals surface area (Å²) in [5.74, 6) is 1.25. The topological polar surface area (TPSA) is 67.4 Å². The Labute approximate surface area is 225 Å². The maximum absolute atomic E-state index is 12.9. The molecule has 0 spiro atoms. The van der Waals surface area contributed by atoms with Gasteiger partial charge in [-0.1, -0.05) is 48.5 Å². The highest BCUT2D eigenvalue weighted by atomic mass is 16.2. The van der Waals surface area contributed by atoms with Gasteiger partial charge in [-0.3, -0.25) is 9.69 Å². The summed E-state index contributed by atoms with van der Waals surface area (Å²) in [6.07, 6.45) is 8.73. The summed E-state index contributed by atoms with van der Waals surface area (Å²) in [6, 6.07) is 23.2. The molecule has 0 saturated carbocycles. The fourth-order valence-electron chi connectivity index (χ4n) is 5.41. The Morgan fingerprint density at radius 3 is 2.58 bits per heavy atom. The van der Waals surface area contributed by atoms with E-state index in [1.165, 1.54) is 29.3 Å². The molecule has 2 aromatic carbocycles. The number of fused-ring (bicyclic) bond motifs is 1. The fraction of sp³-hybridized carbons (Fsp3) is 0.312. The van der Waals surface area contributed by atoms with Gasteiger partial charge in [-0.15, -0.1) is 0 Å². The van der Waals surface area contributed by atoms with Crippen molar-refractivity contribution in [1.82, 2.24) is 19.4 Å². The second kappa shape index (κ2) is 11.7. The van der Waals surface area contributed by atoms with Gasteiger partial charge in [0.25, 0.3) is 0 Å². The smallest absolute Gasteiger partial charge is 0.246 e. The third-order valence-electron chi connectivity index (χ3n) is 7.74. The number of aryl methyl sites for hydroxylation is 1. The number of pyridine rings is 1. The van der Waals surface area contributed by atoms with E-state index >= 15 is 0 Å². The van der Waals surface area contributed by atoms with E-state index in [0.717, 1.165) is 48.8 Å². The molecule has 0 unspecified atom stereocenters. The number of hydrogen-bond acceptors (Lipinski definition) is 4. The molecule has 2 aromatic heterocycles. The third-order valence-corrected chi connectivity index (χ3v) is 7.74. The first kappa shape index (κ1) is 25.7. The molecular formula is C32H37N5O. The molecule has 0 aliphatic carbocycles. The van der Waals surface area contributed by atoms with Crippen molar-refractivity contribution in [3.05, 3.63) is 101 Å². The maximum atomic E-state index is 12.9. The van der Waals surface area contributed by atoms with Crippen LogP contribution in [0, 0.1) is 5.92 Å². The molecule has 5 rings (SSSR count). The number of nitrogen functional groups attached to an aromatic ring is 1. The van der Waals surface area contributed by atoms with Crippen LogP contribution in [-0.4, -0.2) is 45.4 Å². The zero-order valence-corrected chi connectivity index (χ0v) is 22.4. The predicted molar refractivity (Wildman–Crippen MR) is 155 cm³/mol. The van der Waals surface area contributed by atoms with Gasteiger partial charge < -0.3 is 15.2 Å². The lowest BCUT2D eigenvalue weighted by Gasteiger charge is -2.32. The second-order valence-corrected chi connectivity index (χ2v) is 10.5. The van der Waals surface area contributed by atoms with Crippen LogP contribution >= 0.6 is 0 Å². The molecule has 1 aliphatic heterocycles. The minimum absolute atomic E-state index is 0.0471. The number of likely N-dealkylation sites (tertiary alicyclic amines) is 1. The number of rotatable bonds is 8. The first-order chi connectivity index (χ1) is 18.5. The highest BCUT2D eigenvalue weighted by Gasteiger charge is 2.20. The van der Waals surface area contributed by atoms with E-state index in [0.29, 0.717) is 12.4 Å². The van der Waals surface area contributed by atoms with Crippen molar-refractivity contribution in [2.75, 3.05) is 25.9 Å². The van der Waals surface area contributed by atoms with Crippen LogP contribution < -0.4 is 5.73 Å². The quantitative estimate of drug-likeness (QED) is 0.330. The molecule has 6 nitrogen and oxygen atoms in total. The number of likely N-dealkylation sites (N-methyl/N-ethyl adjacent to an activating group) is 1. The minimum Gasteiger partial charge on any atom is -0.383 e. The first-order valence-electron chi connectivity index (χ1n) is 13.4. The molecule has 6 heteroatoms. The average Bonchev–Trinajstić information content (AvgIpc) is 3.25. The van der Waals surface area contributed by atoms with Gasteiger partial charge in [0.2, 0.25) is 5.91 Å². The molecule has 2 N–H and O–H groups in total. The van der Waals surface area contributed by atoms with E-state index in [1.54, 1.807) is 17.2 Å². The monoisotopic (exact) mass is 507 g/mol. The number of piperidine rings is 1. The van der Waals surface area contributed by atoms with Crippen LogP contribution in [-0.2, 0) is 31.4 Å². The number of anilines is 1. The molecule has 3 heterocycles. The molecule has 0 radical (unpaired) electrons. The number of nitrogens with zero attached hydrogens (tertiary/aromatic N) is 4. The standard InChI is InChI=1S/C32H37N5O/c1-35(23-29-20-27-10-6-7-11-30(27)36(29)2)31(38)13-12-26-19-28(32(33)34-21-26)22-37-16-14-25(15-17-37)18-24-8-4-3-5-9-24/h3-13,19-21,25H,14-18,22-23H2,1-2H3,(H2,33,34). The SMILES string of the molecule is CN(Cc1cc2ccccc2n1C)C(=O)C=Cc1cnc(N)c(CN2CCC(Cc3ccccc3)CC2)c1. The fourth-order valence-corrected chi connectivity index (χ4v) is 5.41. The van der Waals surface area contributed by atoms with E-state index < -0.39 is 0 Å². The van der Waals surface area contributed by atoms with Gasteiger partial charge in [-0.2, -0.15) is 0 Å². The number of nitrogens with two attached hydrogens (primary N) is 1. The van der Waals surface area contributed by atoms with Gasteiger partial charge in [0.15, 0.2) is 0 Å². The van der Waals surface area contributed by atoms with E-state index in [1.807, 2.05) is 32.3 Å². The number of hydrogen-bond donors (Lipinski definition) is 1. The molecular weight excluding hydrogens is 470 g/mol. The first-order valence-corrected chi connectivity index (χ1v) is 13.4. The van der Waals surface area contributed by atoms with E-state index in [4.69, 9.17) is 5.73 Å². The molecule has 1 saturated heterocycles. The Hall–Kier alpha value is -3.90. The maximum Gasteiger partial charge on any atom is 0.246 e. The van der Waals surface area contributed by atoms with Crippen molar-refractivity contribution < 1.29 is 4.79 Å². The average molecular weight is 508 g/mol. The number of benzene rings is 2. The number of amides is 1. The summed E-state index contributed by atoms with van der Waals surface area (Å²) in [6.45, 7) is 3.45. The molecule has 4 aromatic rings. The molecule has 38 heavy (non-hydrogen) atoms. The summed E-state index contributed by atoms with van der Waals surface area (Å²) >= 11 is 0. The highest BCUT2D eigenvalue weighted by Crippen LogP contribution is 2.24. The lowest BCUT2D eigenvalue weighted by Crippen LogP contribution is -2.34. The summed E-state index contributed by atoms with van der Waals surface area (Å²) in [5, 5.41) is 1.18. The van der Waals surface area contributed by atoms with Gasteiger partial charge in [0, 0.05) is 49.7 Å². The van der Waals surface area contributed by atoms with E-state index in [2.05, 4.69) is 69.0 Å². The van der Waals surface area contributed by atoms with Crippen LogP contribution in [0.3, 0.4) is 0 Å².